The molecule has 0 radical (unpaired) electrons. The van der Waals surface area contributed by atoms with Crippen LogP contribution < -0.4 is 5.32 Å². The summed E-state index contributed by atoms with van der Waals surface area (Å²) < 4.78 is 0. The van der Waals surface area contributed by atoms with Gasteiger partial charge in [-0.05, 0) is 37.8 Å². The fraction of sp³-hybridized carbons (Fsp3) is 0.684. The predicted octanol–water partition coefficient (Wildman–Crippen LogP) is 5.64. The van der Waals surface area contributed by atoms with Crippen LogP contribution in [0.25, 0.3) is 0 Å². The zero-order chi connectivity index (χ0) is 14.8. The monoisotopic (exact) mass is 275 g/mol. The van der Waals surface area contributed by atoms with Crippen molar-refractivity contribution in [3.8, 4) is 0 Å². The maximum absolute atomic E-state index is 3.75. The lowest BCUT2D eigenvalue weighted by atomic mass is 9.88. The maximum Gasteiger partial charge on any atom is 0.0322 e. The van der Waals surface area contributed by atoms with E-state index in [2.05, 4.69) is 57.3 Å². The second kappa shape index (κ2) is 9.99. The van der Waals surface area contributed by atoms with Gasteiger partial charge in [-0.15, -0.1) is 0 Å². The second-order valence-electron chi connectivity index (χ2n) is 6.07. The van der Waals surface area contributed by atoms with Crippen LogP contribution in [0.3, 0.4) is 0 Å². The van der Waals surface area contributed by atoms with Gasteiger partial charge in [0.15, 0.2) is 0 Å². The summed E-state index contributed by atoms with van der Waals surface area (Å²) in [5.74, 6) is 0.852. The molecule has 0 bridgehead atoms. The van der Waals surface area contributed by atoms with Gasteiger partial charge in [0.25, 0.3) is 0 Å². The van der Waals surface area contributed by atoms with E-state index in [0.29, 0.717) is 6.04 Å². The van der Waals surface area contributed by atoms with Crippen LogP contribution in [0.4, 0.5) is 0 Å². The Morgan fingerprint density at radius 3 is 2.50 bits per heavy atom. The molecule has 0 spiro atoms. The third-order valence-electron chi connectivity index (χ3n) is 4.20. The Kier molecular flexibility index (Phi) is 8.60. The first-order valence-electron chi connectivity index (χ1n) is 8.51. The second-order valence-corrected chi connectivity index (χ2v) is 6.07. The number of aryl methyl sites for hydroxylation is 1. The van der Waals surface area contributed by atoms with Crippen LogP contribution in [0.1, 0.15) is 76.5 Å². The first kappa shape index (κ1) is 17.2. The van der Waals surface area contributed by atoms with E-state index < -0.39 is 0 Å². The van der Waals surface area contributed by atoms with Crippen molar-refractivity contribution in [2.24, 2.45) is 5.92 Å². The molecule has 0 saturated heterocycles. The summed E-state index contributed by atoms with van der Waals surface area (Å²) in [4.78, 5) is 0. The Hall–Kier alpha value is -0.820. The quantitative estimate of drug-likeness (QED) is 0.582. The first-order chi connectivity index (χ1) is 9.71. The average Bonchev–Trinajstić information content (AvgIpc) is 2.46. The molecule has 0 fully saturated rings. The molecule has 20 heavy (non-hydrogen) atoms. The van der Waals surface area contributed by atoms with Crippen molar-refractivity contribution in [2.45, 2.75) is 72.3 Å². The Morgan fingerprint density at radius 1 is 1.10 bits per heavy atom. The number of benzene rings is 1. The summed E-state index contributed by atoms with van der Waals surface area (Å²) >= 11 is 0. The summed E-state index contributed by atoms with van der Waals surface area (Å²) in [5.41, 5.74) is 2.83. The van der Waals surface area contributed by atoms with E-state index in [1.165, 1.54) is 49.7 Å². The van der Waals surface area contributed by atoms with Gasteiger partial charge >= 0.3 is 0 Å². The molecule has 0 amide bonds. The highest BCUT2D eigenvalue weighted by Crippen LogP contribution is 2.27. The van der Waals surface area contributed by atoms with E-state index in [9.17, 15) is 0 Å². The van der Waals surface area contributed by atoms with Crippen LogP contribution >= 0.6 is 0 Å². The molecule has 0 saturated carbocycles. The molecule has 114 valence electrons. The van der Waals surface area contributed by atoms with Crippen molar-refractivity contribution in [1.29, 1.82) is 0 Å². The van der Waals surface area contributed by atoms with Crippen LogP contribution in [0.2, 0.25) is 0 Å². The average molecular weight is 275 g/mol. The lowest BCUT2D eigenvalue weighted by Gasteiger charge is -2.24. The van der Waals surface area contributed by atoms with E-state index in [1.807, 2.05) is 0 Å². The van der Waals surface area contributed by atoms with Crippen molar-refractivity contribution in [3.05, 3.63) is 35.4 Å². The number of rotatable bonds is 10. The summed E-state index contributed by atoms with van der Waals surface area (Å²) in [5, 5.41) is 3.75. The van der Waals surface area contributed by atoms with Crippen molar-refractivity contribution in [2.75, 3.05) is 6.54 Å². The molecule has 0 heterocycles. The Bertz CT molecular complexity index is 359. The third-order valence-corrected chi connectivity index (χ3v) is 4.20. The Balaban J connectivity index is 2.72. The first-order valence-corrected chi connectivity index (χ1v) is 8.51. The minimum Gasteiger partial charge on any atom is -0.310 e. The molecule has 1 aromatic carbocycles. The van der Waals surface area contributed by atoms with Crippen LogP contribution in [-0.4, -0.2) is 6.54 Å². The van der Waals surface area contributed by atoms with E-state index in [1.54, 1.807) is 0 Å². The molecule has 0 aliphatic heterocycles. The minimum absolute atomic E-state index is 0.525. The number of hydrogen-bond acceptors (Lipinski definition) is 1. The number of hydrogen-bond donors (Lipinski definition) is 1. The summed E-state index contributed by atoms with van der Waals surface area (Å²) in [6, 6.07) is 9.54. The summed E-state index contributed by atoms with van der Waals surface area (Å²) in [6.45, 7) is 10.2. The fourth-order valence-corrected chi connectivity index (χ4v) is 2.86. The normalized spacial score (nSPS) is 14.2. The molecule has 1 nitrogen and oxygen atoms in total. The van der Waals surface area contributed by atoms with Crippen molar-refractivity contribution in [1.82, 2.24) is 5.32 Å². The van der Waals surface area contributed by atoms with Gasteiger partial charge in [-0.2, -0.15) is 0 Å². The van der Waals surface area contributed by atoms with E-state index in [4.69, 9.17) is 0 Å². The molecular formula is C19H33N. The predicted molar refractivity (Wildman–Crippen MR) is 90.1 cm³/mol. The number of unbranched alkanes of at least 4 members (excludes halogenated alkanes) is 1. The Morgan fingerprint density at radius 2 is 1.90 bits per heavy atom. The molecule has 2 atom stereocenters. The Labute approximate surface area is 126 Å². The lowest BCUT2D eigenvalue weighted by Crippen LogP contribution is -2.24. The van der Waals surface area contributed by atoms with Crippen LogP contribution in [0.5, 0.6) is 0 Å². The number of nitrogens with one attached hydrogen (secondary N) is 1. The summed E-state index contributed by atoms with van der Waals surface area (Å²) in [7, 11) is 0. The lowest BCUT2D eigenvalue weighted by molar-refractivity contribution is 0.353. The van der Waals surface area contributed by atoms with Crippen LogP contribution in [0, 0.1) is 12.8 Å². The smallest absolute Gasteiger partial charge is 0.0322 e. The zero-order valence-electron chi connectivity index (χ0n) is 13.9. The minimum atomic E-state index is 0.525. The van der Waals surface area contributed by atoms with Gasteiger partial charge in [-0.1, -0.05) is 76.3 Å². The topological polar surface area (TPSA) is 12.0 Å². The van der Waals surface area contributed by atoms with Crippen molar-refractivity contribution >= 4 is 0 Å². The van der Waals surface area contributed by atoms with E-state index in [0.717, 1.165) is 12.5 Å². The van der Waals surface area contributed by atoms with E-state index in [-0.39, 0.29) is 0 Å². The molecule has 1 aromatic rings. The van der Waals surface area contributed by atoms with Crippen molar-refractivity contribution in [3.63, 3.8) is 0 Å². The van der Waals surface area contributed by atoms with Gasteiger partial charge in [0, 0.05) is 6.04 Å². The van der Waals surface area contributed by atoms with Gasteiger partial charge in [-0.25, -0.2) is 0 Å². The van der Waals surface area contributed by atoms with Gasteiger partial charge < -0.3 is 5.32 Å². The molecule has 1 rings (SSSR count). The fourth-order valence-electron chi connectivity index (χ4n) is 2.86. The molecular weight excluding hydrogens is 242 g/mol. The molecule has 0 aliphatic rings. The standard InChI is InChI=1S/C19H33N/c1-5-8-11-17(7-3)15-19(20-13-6-2)18-12-9-10-16(4)14-18/h9-10,12,14,17,19-20H,5-8,11,13,15H2,1-4H3. The summed E-state index contributed by atoms with van der Waals surface area (Å²) in [6.07, 6.45) is 7.84. The molecule has 0 aromatic heterocycles. The van der Waals surface area contributed by atoms with Crippen LogP contribution in [0.15, 0.2) is 24.3 Å². The molecule has 2 unspecified atom stereocenters. The molecule has 0 aliphatic carbocycles. The van der Waals surface area contributed by atoms with Gasteiger partial charge in [0.1, 0.15) is 0 Å². The van der Waals surface area contributed by atoms with Crippen LogP contribution in [-0.2, 0) is 0 Å². The zero-order valence-corrected chi connectivity index (χ0v) is 13.9. The molecule has 1 N–H and O–H groups in total. The largest absolute Gasteiger partial charge is 0.310 e. The van der Waals surface area contributed by atoms with Crippen molar-refractivity contribution < 1.29 is 0 Å². The molecule has 1 heteroatoms. The highest BCUT2D eigenvalue weighted by molar-refractivity contribution is 5.25. The third kappa shape index (κ3) is 6.09. The highest BCUT2D eigenvalue weighted by Gasteiger charge is 2.16. The van der Waals surface area contributed by atoms with E-state index >= 15 is 0 Å². The maximum atomic E-state index is 3.75. The van der Waals surface area contributed by atoms with Gasteiger partial charge in [-0.3, -0.25) is 0 Å². The highest BCUT2D eigenvalue weighted by atomic mass is 14.9. The van der Waals surface area contributed by atoms with Gasteiger partial charge in [0.05, 0.1) is 0 Å². The van der Waals surface area contributed by atoms with Gasteiger partial charge in [0.2, 0.25) is 0 Å². The SMILES string of the molecule is CCCCC(CC)CC(NCCC)c1cccc(C)c1.